The highest BCUT2D eigenvalue weighted by atomic mass is 32.1. The van der Waals surface area contributed by atoms with Crippen molar-refractivity contribution in [1.82, 2.24) is 0 Å². The van der Waals surface area contributed by atoms with E-state index in [-0.39, 0.29) is 0 Å². The molecule has 0 atom stereocenters. The molecule has 3 nitrogen and oxygen atoms in total. The van der Waals surface area contributed by atoms with E-state index >= 15 is 0 Å². The van der Waals surface area contributed by atoms with E-state index in [1.54, 1.807) is 6.07 Å². The zero-order chi connectivity index (χ0) is 11.2. The maximum absolute atomic E-state index is 10.6. The second kappa shape index (κ2) is 5.24. The molecule has 1 heterocycles. The Labute approximate surface area is 81.0 Å². The summed E-state index contributed by atoms with van der Waals surface area (Å²) < 4.78 is 31.7. The van der Waals surface area contributed by atoms with Crippen LogP contribution in [0.5, 0.6) is 0 Å². The molecular weight excluding hydrogens is 219 g/mol. The minimum absolute atomic E-state index is 0.778. The molecule has 0 unspecified atom stereocenters. The quantitative estimate of drug-likeness (QED) is 0.733. The molecule has 1 aromatic rings. The minimum atomic E-state index is -5.08. The van der Waals surface area contributed by atoms with Crippen molar-refractivity contribution in [2.24, 2.45) is 0 Å². The Morgan fingerprint density at radius 1 is 1.57 bits per heavy atom. The van der Waals surface area contributed by atoms with Gasteiger partial charge in [0.25, 0.3) is 0 Å². The van der Waals surface area contributed by atoms with Crippen LogP contribution in [0, 0.1) is 11.3 Å². The Kier molecular flexibility index (Phi) is 4.66. The van der Waals surface area contributed by atoms with E-state index < -0.39 is 12.1 Å². The summed E-state index contributed by atoms with van der Waals surface area (Å²) >= 11 is 1.46. The summed E-state index contributed by atoms with van der Waals surface area (Å²) in [5.41, 5.74) is 0. The Hall–Kier alpha value is -1.55. The highest BCUT2D eigenvalue weighted by Crippen LogP contribution is 2.13. The highest BCUT2D eigenvalue weighted by Gasteiger charge is 2.38. The molecule has 0 saturated heterocycles. The first kappa shape index (κ1) is 12.4. The number of alkyl halides is 3. The summed E-state index contributed by atoms with van der Waals surface area (Å²) in [5, 5.41) is 17.2. The number of nitriles is 1. The second-order valence-corrected chi connectivity index (χ2v) is 2.84. The Bertz CT molecular complexity index is 326. The normalized spacial score (nSPS) is 9.57. The number of nitrogens with zero attached hydrogens (tertiary/aromatic N) is 1. The summed E-state index contributed by atoms with van der Waals surface area (Å²) in [7, 11) is 0. The number of carboxylic acid groups (broad SMARTS) is 1. The maximum Gasteiger partial charge on any atom is 0.490 e. The lowest BCUT2D eigenvalue weighted by Gasteiger charge is -1.93. The molecule has 7 heteroatoms. The van der Waals surface area contributed by atoms with Crippen molar-refractivity contribution in [2.45, 2.75) is 6.18 Å². The molecule has 0 spiro atoms. The van der Waals surface area contributed by atoms with Crippen LogP contribution in [0.3, 0.4) is 0 Å². The van der Waals surface area contributed by atoms with Crippen LogP contribution < -0.4 is 0 Å². The van der Waals surface area contributed by atoms with Gasteiger partial charge in [-0.25, -0.2) is 4.79 Å². The van der Waals surface area contributed by atoms with Gasteiger partial charge in [0.05, 0.1) is 0 Å². The van der Waals surface area contributed by atoms with Crippen molar-refractivity contribution in [3.05, 3.63) is 22.4 Å². The average Bonchev–Trinajstić information content (AvgIpc) is 2.54. The summed E-state index contributed by atoms with van der Waals surface area (Å²) in [5.74, 6) is -2.76. The second-order valence-electron chi connectivity index (χ2n) is 1.89. The third-order valence-corrected chi connectivity index (χ3v) is 1.65. The van der Waals surface area contributed by atoms with Gasteiger partial charge < -0.3 is 5.11 Å². The van der Waals surface area contributed by atoms with Crippen LogP contribution in [0.15, 0.2) is 17.5 Å². The lowest BCUT2D eigenvalue weighted by molar-refractivity contribution is -0.192. The van der Waals surface area contributed by atoms with Crippen molar-refractivity contribution in [3.63, 3.8) is 0 Å². The molecule has 76 valence electrons. The molecule has 0 aromatic carbocycles. The summed E-state index contributed by atoms with van der Waals surface area (Å²) in [6, 6.07) is 5.69. The number of carbonyl (C=O) groups is 1. The van der Waals surface area contributed by atoms with Gasteiger partial charge in [-0.1, -0.05) is 6.07 Å². The zero-order valence-corrected chi connectivity index (χ0v) is 7.39. The van der Waals surface area contributed by atoms with E-state index in [4.69, 9.17) is 15.2 Å². The molecule has 1 N–H and O–H groups in total. The van der Waals surface area contributed by atoms with Crippen LogP contribution >= 0.6 is 11.3 Å². The van der Waals surface area contributed by atoms with Crippen LogP contribution in [0.25, 0.3) is 0 Å². The summed E-state index contributed by atoms with van der Waals surface area (Å²) in [6.07, 6.45) is -5.08. The summed E-state index contributed by atoms with van der Waals surface area (Å²) in [4.78, 5) is 9.67. The third-order valence-electron chi connectivity index (χ3n) is 0.874. The van der Waals surface area contributed by atoms with Gasteiger partial charge >= 0.3 is 12.1 Å². The molecule has 0 aliphatic carbocycles. The average molecular weight is 223 g/mol. The van der Waals surface area contributed by atoms with Crippen LogP contribution in [0.4, 0.5) is 13.2 Å². The summed E-state index contributed by atoms with van der Waals surface area (Å²) in [6.45, 7) is 0. The van der Waals surface area contributed by atoms with Gasteiger partial charge in [0.1, 0.15) is 10.9 Å². The predicted octanol–water partition coefficient (Wildman–Crippen LogP) is 2.25. The van der Waals surface area contributed by atoms with Crippen LogP contribution in [-0.4, -0.2) is 17.3 Å². The van der Waals surface area contributed by atoms with E-state index in [0.29, 0.717) is 0 Å². The van der Waals surface area contributed by atoms with Crippen LogP contribution in [-0.2, 0) is 4.79 Å². The number of rotatable bonds is 0. The van der Waals surface area contributed by atoms with Crippen molar-refractivity contribution in [2.75, 3.05) is 0 Å². The fraction of sp³-hybridized carbons (Fsp3) is 0.143. The van der Waals surface area contributed by atoms with Crippen molar-refractivity contribution >= 4 is 17.3 Å². The van der Waals surface area contributed by atoms with E-state index in [1.807, 2.05) is 17.5 Å². The van der Waals surface area contributed by atoms with E-state index in [0.717, 1.165) is 4.88 Å². The van der Waals surface area contributed by atoms with Gasteiger partial charge in [-0.2, -0.15) is 18.4 Å². The number of hydrogen-bond acceptors (Lipinski definition) is 3. The van der Waals surface area contributed by atoms with E-state index in [1.165, 1.54) is 11.3 Å². The molecule has 0 radical (unpaired) electrons. The van der Waals surface area contributed by atoms with Crippen LogP contribution in [0.2, 0.25) is 0 Å². The van der Waals surface area contributed by atoms with Crippen molar-refractivity contribution in [1.29, 1.82) is 5.26 Å². The number of thiophene rings is 1. The predicted molar refractivity (Wildman–Crippen MR) is 42.7 cm³/mol. The first-order valence-corrected chi connectivity index (χ1v) is 3.99. The standard InChI is InChI=1S/C5H3NS.C2HF3O2/c6-4-5-2-1-3-7-5;3-2(4,5)1(6)7/h1-3H;(H,6,7). The fourth-order valence-electron chi connectivity index (χ4n) is 0.342. The van der Waals surface area contributed by atoms with Gasteiger partial charge in [-0.15, -0.1) is 11.3 Å². The zero-order valence-electron chi connectivity index (χ0n) is 6.58. The highest BCUT2D eigenvalue weighted by molar-refractivity contribution is 7.10. The lowest BCUT2D eigenvalue weighted by atomic mass is 10.5. The van der Waals surface area contributed by atoms with E-state index in [9.17, 15) is 13.2 Å². The topological polar surface area (TPSA) is 61.1 Å². The largest absolute Gasteiger partial charge is 0.490 e. The van der Waals surface area contributed by atoms with Crippen LogP contribution in [0.1, 0.15) is 4.88 Å². The van der Waals surface area contributed by atoms with Gasteiger partial charge in [-0.05, 0) is 11.4 Å². The smallest absolute Gasteiger partial charge is 0.475 e. The van der Waals surface area contributed by atoms with Crippen molar-refractivity contribution < 1.29 is 23.1 Å². The van der Waals surface area contributed by atoms with Gasteiger partial charge in [0.2, 0.25) is 0 Å². The molecule has 1 rings (SSSR count). The maximum atomic E-state index is 10.6. The van der Waals surface area contributed by atoms with E-state index in [2.05, 4.69) is 0 Å². The first-order valence-electron chi connectivity index (χ1n) is 3.11. The molecule has 14 heavy (non-hydrogen) atoms. The Balaban J connectivity index is 0.000000241. The van der Waals surface area contributed by atoms with Gasteiger partial charge in [-0.3, -0.25) is 0 Å². The number of hydrogen-bond donors (Lipinski definition) is 1. The first-order chi connectivity index (χ1) is 6.38. The SMILES string of the molecule is N#Cc1cccs1.O=C(O)C(F)(F)F. The molecule has 0 amide bonds. The molecule has 1 aromatic heterocycles. The molecule has 0 bridgehead atoms. The molecule has 0 aliphatic rings. The van der Waals surface area contributed by atoms with Gasteiger partial charge in [0.15, 0.2) is 0 Å². The number of carboxylic acids is 1. The lowest BCUT2D eigenvalue weighted by Crippen LogP contribution is -2.21. The minimum Gasteiger partial charge on any atom is -0.475 e. The number of aliphatic carboxylic acids is 1. The number of halogens is 3. The molecule has 0 saturated carbocycles. The Morgan fingerprint density at radius 3 is 2.21 bits per heavy atom. The molecule has 0 fully saturated rings. The third kappa shape index (κ3) is 5.16. The van der Waals surface area contributed by atoms with Gasteiger partial charge in [0, 0.05) is 0 Å². The molecular formula is C7H4F3NO2S. The van der Waals surface area contributed by atoms with Crippen molar-refractivity contribution in [3.8, 4) is 6.07 Å². The fourth-order valence-corrected chi connectivity index (χ4v) is 0.856. The molecule has 0 aliphatic heterocycles. The monoisotopic (exact) mass is 223 g/mol. The Morgan fingerprint density at radius 2 is 2.07 bits per heavy atom.